The third kappa shape index (κ3) is 3.89. The second-order valence-corrected chi connectivity index (χ2v) is 7.45. The molecule has 2 aromatic rings. The highest BCUT2D eigenvalue weighted by molar-refractivity contribution is 5.93. The van der Waals surface area contributed by atoms with Gasteiger partial charge in [0.2, 0.25) is 0 Å². The van der Waals surface area contributed by atoms with Crippen LogP contribution in [0.5, 0.6) is 0 Å². The van der Waals surface area contributed by atoms with Gasteiger partial charge in [0.15, 0.2) is 0 Å². The standard InChI is InChI=1S/C20H27N3O3/c1-4-26-19(25)20(2,3)16-13-23-15(8-5-9-17(23)22-16)18(24)21-12-6-7-14-10-11-14/h5,8-9,13-14H,4,6-7,10-12H2,1-3H3,(H,21,24). The summed E-state index contributed by atoms with van der Waals surface area (Å²) >= 11 is 0. The van der Waals surface area contributed by atoms with Crippen LogP contribution in [-0.2, 0) is 14.9 Å². The highest BCUT2D eigenvalue weighted by Crippen LogP contribution is 2.33. The van der Waals surface area contributed by atoms with Gasteiger partial charge in [-0.1, -0.05) is 18.9 Å². The molecule has 2 heterocycles. The van der Waals surface area contributed by atoms with Gasteiger partial charge >= 0.3 is 5.97 Å². The molecule has 1 saturated carbocycles. The molecule has 3 rings (SSSR count). The highest BCUT2D eigenvalue weighted by Gasteiger charge is 2.34. The van der Waals surface area contributed by atoms with Crippen LogP contribution in [0.1, 0.15) is 62.6 Å². The monoisotopic (exact) mass is 357 g/mol. The number of carbonyl (C=O) groups excluding carboxylic acids is 2. The molecular formula is C20H27N3O3. The summed E-state index contributed by atoms with van der Waals surface area (Å²) in [5.41, 5.74) is 0.875. The van der Waals surface area contributed by atoms with Crippen molar-refractivity contribution in [1.29, 1.82) is 0 Å². The van der Waals surface area contributed by atoms with Crippen molar-refractivity contribution in [3.63, 3.8) is 0 Å². The van der Waals surface area contributed by atoms with Gasteiger partial charge in [-0.3, -0.25) is 14.0 Å². The Bertz CT molecular complexity index is 806. The van der Waals surface area contributed by atoms with Crippen LogP contribution in [0, 0.1) is 5.92 Å². The Morgan fingerprint density at radius 2 is 2.12 bits per heavy atom. The lowest BCUT2D eigenvalue weighted by Crippen LogP contribution is -2.31. The van der Waals surface area contributed by atoms with Crippen LogP contribution in [0.4, 0.5) is 0 Å². The Morgan fingerprint density at radius 1 is 1.35 bits per heavy atom. The normalized spacial score (nSPS) is 14.4. The number of hydrogen-bond acceptors (Lipinski definition) is 4. The van der Waals surface area contributed by atoms with Gasteiger partial charge < -0.3 is 10.1 Å². The van der Waals surface area contributed by atoms with E-state index in [1.165, 1.54) is 19.3 Å². The fourth-order valence-electron chi connectivity index (χ4n) is 3.00. The average molecular weight is 357 g/mol. The van der Waals surface area contributed by atoms with Gasteiger partial charge in [0.25, 0.3) is 5.91 Å². The first-order chi connectivity index (χ1) is 12.4. The first-order valence-electron chi connectivity index (χ1n) is 9.37. The summed E-state index contributed by atoms with van der Waals surface area (Å²) in [6.07, 6.45) is 6.62. The number of aromatic nitrogens is 2. The molecule has 6 nitrogen and oxygen atoms in total. The van der Waals surface area contributed by atoms with E-state index in [-0.39, 0.29) is 11.9 Å². The zero-order valence-corrected chi connectivity index (χ0v) is 15.7. The lowest BCUT2D eigenvalue weighted by molar-refractivity contribution is -0.148. The van der Waals surface area contributed by atoms with E-state index in [0.717, 1.165) is 12.3 Å². The quantitative estimate of drug-likeness (QED) is 0.582. The van der Waals surface area contributed by atoms with Crippen LogP contribution in [-0.4, -0.2) is 34.4 Å². The van der Waals surface area contributed by atoms with Crippen molar-refractivity contribution in [2.45, 2.75) is 51.9 Å². The number of amides is 1. The molecule has 0 atom stereocenters. The maximum atomic E-state index is 12.6. The minimum Gasteiger partial charge on any atom is -0.465 e. The van der Waals surface area contributed by atoms with Gasteiger partial charge in [0.1, 0.15) is 16.8 Å². The largest absolute Gasteiger partial charge is 0.465 e. The molecule has 0 bridgehead atoms. The van der Waals surface area contributed by atoms with E-state index in [1.807, 2.05) is 12.1 Å². The Balaban J connectivity index is 1.77. The van der Waals surface area contributed by atoms with E-state index in [9.17, 15) is 9.59 Å². The van der Waals surface area contributed by atoms with Crippen molar-refractivity contribution in [3.8, 4) is 0 Å². The van der Waals surface area contributed by atoms with Crippen LogP contribution in [0.25, 0.3) is 5.65 Å². The molecular weight excluding hydrogens is 330 g/mol. The molecule has 0 spiro atoms. The third-order valence-electron chi connectivity index (χ3n) is 4.92. The summed E-state index contributed by atoms with van der Waals surface area (Å²) in [4.78, 5) is 29.3. The van der Waals surface area contributed by atoms with Crippen molar-refractivity contribution < 1.29 is 14.3 Å². The summed E-state index contributed by atoms with van der Waals surface area (Å²) in [6, 6.07) is 5.41. The number of imidazole rings is 1. The molecule has 26 heavy (non-hydrogen) atoms. The van der Waals surface area contributed by atoms with E-state index in [4.69, 9.17) is 4.74 Å². The molecule has 1 amide bonds. The fraction of sp³-hybridized carbons (Fsp3) is 0.550. The van der Waals surface area contributed by atoms with Crippen molar-refractivity contribution in [3.05, 3.63) is 35.8 Å². The molecule has 0 aromatic carbocycles. The van der Waals surface area contributed by atoms with E-state index in [0.29, 0.717) is 30.2 Å². The first kappa shape index (κ1) is 18.4. The number of nitrogens with zero attached hydrogens (tertiary/aromatic N) is 2. The van der Waals surface area contributed by atoms with E-state index >= 15 is 0 Å². The SMILES string of the molecule is CCOC(=O)C(C)(C)c1cn2c(C(=O)NCCCC3CC3)cccc2n1. The van der Waals surface area contributed by atoms with E-state index < -0.39 is 5.41 Å². The second-order valence-electron chi connectivity index (χ2n) is 7.45. The number of nitrogens with one attached hydrogen (secondary N) is 1. The van der Waals surface area contributed by atoms with Crippen molar-refractivity contribution in [2.75, 3.05) is 13.2 Å². The van der Waals surface area contributed by atoms with Crippen LogP contribution in [0.2, 0.25) is 0 Å². The molecule has 140 valence electrons. The Kier molecular flexibility index (Phi) is 5.30. The Labute approximate surface area is 153 Å². The Morgan fingerprint density at radius 3 is 2.81 bits per heavy atom. The van der Waals surface area contributed by atoms with Crippen LogP contribution >= 0.6 is 0 Å². The summed E-state index contributed by atoms with van der Waals surface area (Å²) in [5.74, 6) is 0.426. The van der Waals surface area contributed by atoms with E-state index in [2.05, 4.69) is 10.3 Å². The maximum Gasteiger partial charge on any atom is 0.317 e. The molecule has 2 aromatic heterocycles. The first-order valence-corrected chi connectivity index (χ1v) is 9.37. The summed E-state index contributed by atoms with van der Waals surface area (Å²) in [5, 5.41) is 2.99. The number of carbonyl (C=O) groups is 2. The average Bonchev–Trinajstić information content (AvgIpc) is 3.33. The zero-order chi connectivity index (χ0) is 18.7. The fourth-order valence-corrected chi connectivity index (χ4v) is 3.00. The summed E-state index contributed by atoms with van der Waals surface area (Å²) < 4.78 is 6.90. The molecule has 0 saturated heterocycles. The number of ether oxygens (including phenoxy) is 1. The number of hydrogen-bond donors (Lipinski definition) is 1. The number of pyridine rings is 1. The van der Waals surface area contributed by atoms with Crippen LogP contribution < -0.4 is 5.32 Å². The van der Waals surface area contributed by atoms with Gasteiger partial charge in [-0.2, -0.15) is 0 Å². The predicted molar refractivity (Wildman–Crippen MR) is 99.1 cm³/mol. The van der Waals surface area contributed by atoms with Gasteiger partial charge in [-0.25, -0.2) is 4.98 Å². The van der Waals surface area contributed by atoms with E-state index in [1.54, 1.807) is 37.4 Å². The molecule has 6 heteroatoms. The van der Waals surface area contributed by atoms with Gasteiger partial charge in [-0.15, -0.1) is 0 Å². The maximum absolute atomic E-state index is 12.6. The van der Waals surface area contributed by atoms with Crippen LogP contribution in [0.15, 0.2) is 24.4 Å². The molecule has 1 N–H and O–H groups in total. The number of fused-ring (bicyclic) bond motifs is 1. The lowest BCUT2D eigenvalue weighted by Gasteiger charge is -2.19. The van der Waals surface area contributed by atoms with Gasteiger partial charge in [-0.05, 0) is 51.7 Å². The molecule has 1 fully saturated rings. The summed E-state index contributed by atoms with van der Waals surface area (Å²) in [7, 11) is 0. The highest BCUT2D eigenvalue weighted by atomic mass is 16.5. The molecule has 1 aliphatic rings. The topological polar surface area (TPSA) is 72.7 Å². The van der Waals surface area contributed by atoms with Crippen molar-refractivity contribution >= 4 is 17.5 Å². The predicted octanol–water partition coefficient (Wildman–Crippen LogP) is 3.10. The van der Waals surface area contributed by atoms with Crippen LogP contribution in [0.3, 0.4) is 0 Å². The minimum atomic E-state index is -0.875. The molecule has 0 radical (unpaired) electrons. The van der Waals surface area contributed by atoms with Gasteiger partial charge in [0.05, 0.1) is 12.3 Å². The van der Waals surface area contributed by atoms with Crippen molar-refractivity contribution in [1.82, 2.24) is 14.7 Å². The third-order valence-corrected chi connectivity index (χ3v) is 4.92. The minimum absolute atomic E-state index is 0.121. The van der Waals surface area contributed by atoms with Crippen molar-refractivity contribution in [2.24, 2.45) is 5.92 Å². The molecule has 0 unspecified atom stereocenters. The molecule has 1 aliphatic carbocycles. The molecule has 0 aliphatic heterocycles. The number of rotatable bonds is 8. The van der Waals surface area contributed by atoms with Gasteiger partial charge in [0, 0.05) is 12.7 Å². The summed E-state index contributed by atoms with van der Waals surface area (Å²) in [6.45, 7) is 6.35. The number of esters is 1. The second kappa shape index (κ2) is 7.48. The smallest absolute Gasteiger partial charge is 0.317 e. The zero-order valence-electron chi connectivity index (χ0n) is 15.7. The lowest BCUT2D eigenvalue weighted by atomic mass is 9.90. The Hall–Kier alpha value is -2.37.